The summed E-state index contributed by atoms with van der Waals surface area (Å²) in [6, 6.07) is 6.19. The first-order valence-electron chi connectivity index (χ1n) is 4.97. The Morgan fingerprint density at radius 2 is 2.00 bits per heavy atom. The number of nitrogens with zero attached hydrogens (tertiary/aromatic N) is 1. The predicted molar refractivity (Wildman–Crippen MR) is 65.2 cm³/mol. The van der Waals surface area contributed by atoms with Gasteiger partial charge in [-0.05, 0) is 43.2 Å². The standard InChI is InChI=1S/C13H17NO/c1-10-9-13(14(3)4)8-7-12(10)6-5-11(2)15/h5-9H,1-4H3. The lowest BCUT2D eigenvalue weighted by Crippen LogP contribution is -2.08. The van der Waals surface area contributed by atoms with Crippen LogP contribution >= 0.6 is 0 Å². The Bertz CT molecular complexity index is 392. The van der Waals surface area contributed by atoms with E-state index in [2.05, 4.69) is 11.0 Å². The van der Waals surface area contributed by atoms with E-state index in [1.807, 2.05) is 39.2 Å². The van der Waals surface area contributed by atoms with E-state index in [1.165, 1.54) is 11.3 Å². The normalized spacial score (nSPS) is 10.7. The maximum absolute atomic E-state index is 10.8. The number of hydrogen-bond donors (Lipinski definition) is 0. The Labute approximate surface area is 91.2 Å². The number of allylic oxidation sites excluding steroid dienone is 1. The van der Waals surface area contributed by atoms with Crippen LogP contribution in [0.4, 0.5) is 5.69 Å². The smallest absolute Gasteiger partial charge is 0.152 e. The van der Waals surface area contributed by atoms with Crippen LogP contribution in [-0.4, -0.2) is 19.9 Å². The molecule has 0 bridgehead atoms. The van der Waals surface area contributed by atoms with Crippen LogP contribution in [0, 0.1) is 6.92 Å². The van der Waals surface area contributed by atoms with Gasteiger partial charge in [-0.2, -0.15) is 0 Å². The van der Waals surface area contributed by atoms with Crippen LogP contribution in [0.25, 0.3) is 6.08 Å². The molecule has 0 amide bonds. The monoisotopic (exact) mass is 203 g/mol. The molecule has 80 valence electrons. The van der Waals surface area contributed by atoms with E-state index < -0.39 is 0 Å². The summed E-state index contributed by atoms with van der Waals surface area (Å²) in [6.07, 6.45) is 3.45. The fraction of sp³-hybridized carbons (Fsp3) is 0.308. The van der Waals surface area contributed by atoms with Gasteiger partial charge in [0.2, 0.25) is 0 Å². The molecule has 1 rings (SSSR count). The molecule has 0 fully saturated rings. The lowest BCUT2D eigenvalue weighted by atomic mass is 10.1. The number of ketones is 1. The van der Waals surface area contributed by atoms with Crippen molar-refractivity contribution in [1.82, 2.24) is 0 Å². The lowest BCUT2D eigenvalue weighted by molar-refractivity contribution is -0.112. The maximum atomic E-state index is 10.8. The first-order chi connectivity index (χ1) is 7.00. The van der Waals surface area contributed by atoms with E-state index in [-0.39, 0.29) is 5.78 Å². The average Bonchev–Trinajstić information content (AvgIpc) is 2.15. The van der Waals surface area contributed by atoms with Crippen molar-refractivity contribution in [2.75, 3.05) is 19.0 Å². The molecule has 0 saturated heterocycles. The molecule has 0 aliphatic rings. The third-order valence-corrected chi connectivity index (χ3v) is 2.27. The summed E-state index contributed by atoms with van der Waals surface area (Å²) in [7, 11) is 4.03. The predicted octanol–water partition coefficient (Wildman–Crippen LogP) is 2.66. The number of carbonyl (C=O) groups is 1. The highest BCUT2D eigenvalue weighted by molar-refractivity contribution is 5.91. The number of carbonyl (C=O) groups excluding carboxylic acids is 1. The van der Waals surface area contributed by atoms with Crippen LogP contribution in [0.15, 0.2) is 24.3 Å². The van der Waals surface area contributed by atoms with Crippen molar-refractivity contribution >= 4 is 17.5 Å². The molecular weight excluding hydrogens is 186 g/mol. The molecule has 15 heavy (non-hydrogen) atoms. The summed E-state index contributed by atoms with van der Waals surface area (Å²) in [5.41, 5.74) is 3.45. The molecule has 0 aromatic heterocycles. The second kappa shape index (κ2) is 4.78. The van der Waals surface area contributed by atoms with Gasteiger partial charge in [0.1, 0.15) is 0 Å². The minimum absolute atomic E-state index is 0.0751. The topological polar surface area (TPSA) is 20.3 Å². The van der Waals surface area contributed by atoms with Crippen LogP contribution in [-0.2, 0) is 4.79 Å². The summed E-state index contributed by atoms with van der Waals surface area (Å²) in [5, 5.41) is 0. The Balaban J connectivity index is 2.98. The summed E-state index contributed by atoms with van der Waals surface area (Å²) >= 11 is 0. The minimum Gasteiger partial charge on any atom is -0.378 e. The van der Waals surface area contributed by atoms with Crippen molar-refractivity contribution in [2.45, 2.75) is 13.8 Å². The minimum atomic E-state index is 0.0751. The summed E-state index contributed by atoms with van der Waals surface area (Å²) < 4.78 is 0. The van der Waals surface area contributed by atoms with Gasteiger partial charge in [0, 0.05) is 19.8 Å². The average molecular weight is 203 g/mol. The SMILES string of the molecule is CC(=O)C=Cc1ccc(N(C)C)cc1C. The number of anilines is 1. The molecular formula is C13H17NO. The van der Waals surface area contributed by atoms with Gasteiger partial charge in [-0.3, -0.25) is 4.79 Å². The number of aryl methyl sites for hydroxylation is 1. The molecule has 0 saturated carbocycles. The van der Waals surface area contributed by atoms with Gasteiger partial charge in [-0.25, -0.2) is 0 Å². The molecule has 1 aromatic carbocycles. The van der Waals surface area contributed by atoms with Crippen LogP contribution in [0.3, 0.4) is 0 Å². The summed E-state index contributed by atoms with van der Waals surface area (Å²) in [6.45, 7) is 3.60. The molecule has 2 nitrogen and oxygen atoms in total. The van der Waals surface area contributed by atoms with Crippen molar-refractivity contribution in [3.63, 3.8) is 0 Å². The van der Waals surface area contributed by atoms with Crippen LogP contribution in [0.2, 0.25) is 0 Å². The van der Waals surface area contributed by atoms with Crippen molar-refractivity contribution in [3.8, 4) is 0 Å². The molecule has 2 heteroatoms. The van der Waals surface area contributed by atoms with Crippen molar-refractivity contribution in [3.05, 3.63) is 35.4 Å². The van der Waals surface area contributed by atoms with Crippen LogP contribution in [0.1, 0.15) is 18.1 Å². The van der Waals surface area contributed by atoms with Crippen molar-refractivity contribution < 1.29 is 4.79 Å². The third-order valence-electron chi connectivity index (χ3n) is 2.27. The first-order valence-corrected chi connectivity index (χ1v) is 4.97. The van der Waals surface area contributed by atoms with E-state index in [0.29, 0.717) is 0 Å². The van der Waals surface area contributed by atoms with Gasteiger partial charge in [0.05, 0.1) is 0 Å². The zero-order valence-electron chi connectivity index (χ0n) is 9.74. The number of hydrogen-bond acceptors (Lipinski definition) is 2. The Hall–Kier alpha value is -1.57. The molecule has 0 atom stereocenters. The van der Waals surface area contributed by atoms with E-state index in [0.717, 1.165) is 5.56 Å². The van der Waals surface area contributed by atoms with Gasteiger partial charge in [-0.15, -0.1) is 0 Å². The Kier molecular flexibility index (Phi) is 3.67. The van der Waals surface area contributed by atoms with Gasteiger partial charge >= 0.3 is 0 Å². The Morgan fingerprint density at radius 1 is 1.33 bits per heavy atom. The van der Waals surface area contributed by atoms with Gasteiger partial charge in [0.15, 0.2) is 5.78 Å². The summed E-state index contributed by atoms with van der Waals surface area (Å²) in [5.74, 6) is 0.0751. The molecule has 0 N–H and O–H groups in total. The molecule has 0 spiro atoms. The molecule has 0 heterocycles. The zero-order chi connectivity index (χ0) is 11.4. The fourth-order valence-corrected chi connectivity index (χ4v) is 1.33. The highest BCUT2D eigenvalue weighted by Crippen LogP contribution is 2.18. The maximum Gasteiger partial charge on any atom is 0.152 e. The van der Waals surface area contributed by atoms with Crippen molar-refractivity contribution in [1.29, 1.82) is 0 Å². The lowest BCUT2D eigenvalue weighted by Gasteiger charge is -2.13. The molecule has 0 radical (unpaired) electrons. The first kappa shape index (κ1) is 11.5. The number of benzene rings is 1. The number of rotatable bonds is 3. The van der Waals surface area contributed by atoms with E-state index in [9.17, 15) is 4.79 Å². The second-order valence-corrected chi connectivity index (χ2v) is 3.88. The third kappa shape index (κ3) is 3.24. The van der Waals surface area contributed by atoms with E-state index >= 15 is 0 Å². The second-order valence-electron chi connectivity index (χ2n) is 3.88. The largest absolute Gasteiger partial charge is 0.378 e. The fourth-order valence-electron chi connectivity index (χ4n) is 1.33. The molecule has 1 aromatic rings. The van der Waals surface area contributed by atoms with Crippen molar-refractivity contribution in [2.24, 2.45) is 0 Å². The van der Waals surface area contributed by atoms with E-state index in [4.69, 9.17) is 0 Å². The Morgan fingerprint density at radius 3 is 2.47 bits per heavy atom. The highest BCUT2D eigenvalue weighted by atomic mass is 16.1. The highest BCUT2D eigenvalue weighted by Gasteiger charge is 1.98. The van der Waals surface area contributed by atoms with E-state index in [1.54, 1.807) is 13.0 Å². The molecule has 0 unspecified atom stereocenters. The van der Waals surface area contributed by atoms with Crippen LogP contribution in [0.5, 0.6) is 0 Å². The molecule has 0 aliphatic heterocycles. The quantitative estimate of drug-likeness (QED) is 0.704. The zero-order valence-corrected chi connectivity index (χ0v) is 9.74. The van der Waals surface area contributed by atoms with Crippen LogP contribution < -0.4 is 4.90 Å². The van der Waals surface area contributed by atoms with Gasteiger partial charge in [-0.1, -0.05) is 12.1 Å². The van der Waals surface area contributed by atoms with Gasteiger partial charge in [0.25, 0.3) is 0 Å². The molecule has 0 aliphatic carbocycles. The summed E-state index contributed by atoms with van der Waals surface area (Å²) in [4.78, 5) is 12.9. The van der Waals surface area contributed by atoms with Gasteiger partial charge < -0.3 is 4.90 Å².